The van der Waals surface area contributed by atoms with Crippen LogP contribution in [0.4, 0.5) is 5.82 Å². The van der Waals surface area contributed by atoms with Gasteiger partial charge in [0.15, 0.2) is 5.82 Å². The number of aromatic nitrogens is 3. The van der Waals surface area contributed by atoms with Gasteiger partial charge in [0.1, 0.15) is 5.52 Å². The van der Waals surface area contributed by atoms with E-state index in [1.165, 1.54) is 11.1 Å². The van der Waals surface area contributed by atoms with Crippen LogP contribution >= 0.6 is 11.6 Å². The lowest BCUT2D eigenvalue weighted by atomic mass is 10.1. The van der Waals surface area contributed by atoms with E-state index < -0.39 is 0 Å². The van der Waals surface area contributed by atoms with E-state index in [0.717, 1.165) is 34.7 Å². The van der Waals surface area contributed by atoms with Crippen molar-refractivity contribution < 1.29 is 0 Å². The van der Waals surface area contributed by atoms with Crippen molar-refractivity contribution in [2.75, 3.05) is 5.32 Å². The van der Waals surface area contributed by atoms with Crippen molar-refractivity contribution in [1.82, 2.24) is 14.5 Å². The summed E-state index contributed by atoms with van der Waals surface area (Å²) in [6.07, 6.45) is 0. The van der Waals surface area contributed by atoms with Gasteiger partial charge in [-0.1, -0.05) is 67.9 Å². The Balaban J connectivity index is 1.95. The molecule has 0 saturated carbocycles. The summed E-state index contributed by atoms with van der Waals surface area (Å²) in [5, 5.41) is 3.83. The highest BCUT2D eigenvalue weighted by Gasteiger charge is 2.19. The van der Waals surface area contributed by atoms with Crippen LogP contribution in [0.5, 0.6) is 0 Å². The first-order valence-electron chi connectivity index (χ1n) is 10.4. The van der Waals surface area contributed by atoms with E-state index in [-0.39, 0.29) is 11.3 Å². The van der Waals surface area contributed by atoms with Gasteiger partial charge in [0, 0.05) is 12.6 Å². The third-order valence-electron chi connectivity index (χ3n) is 5.58. The molecule has 0 bridgehead atoms. The van der Waals surface area contributed by atoms with Gasteiger partial charge in [-0.15, -0.1) is 0 Å². The normalized spacial score (nSPS) is 12.5. The number of benzene rings is 2. The minimum Gasteiger partial charge on any atom is -0.365 e. The van der Waals surface area contributed by atoms with E-state index in [1.54, 1.807) is 0 Å². The second-order valence-electron chi connectivity index (χ2n) is 8.22. The molecule has 2 heterocycles. The van der Waals surface area contributed by atoms with E-state index in [2.05, 4.69) is 102 Å². The predicted octanol–water partition coefficient (Wildman–Crippen LogP) is 6.56. The van der Waals surface area contributed by atoms with Crippen LogP contribution in [0.2, 0.25) is 5.28 Å². The number of nitrogens with one attached hydrogen (secondary N) is 1. The zero-order valence-corrected chi connectivity index (χ0v) is 18.6. The quantitative estimate of drug-likeness (QED) is 0.360. The average Bonchev–Trinajstić information content (AvgIpc) is 3.06. The molecule has 4 rings (SSSR count). The summed E-state index contributed by atoms with van der Waals surface area (Å²) in [7, 11) is 0. The van der Waals surface area contributed by atoms with Gasteiger partial charge in [0.25, 0.3) is 0 Å². The Bertz CT molecular complexity index is 1160. The summed E-state index contributed by atoms with van der Waals surface area (Å²) in [6, 6.07) is 21.4. The smallest absolute Gasteiger partial charge is 0.225 e. The van der Waals surface area contributed by atoms with Gasteiger partial charge in [-0.05, 0) is 54.6 Å². The first-order valence-corrected chi connectivity index (χ1v) is 10.7. The summed E-state index contributed by atoms with van der Waals surface area (Å²) >= 11 is 6.31. The third-order valence-corrected chi connectivity index (χ3v) is 5.75. The van der Waals surface area contributed by atoms with E-state index in [1.807, 2.05) is 6.07 Å². The lowest BCUT2D eigenvalue weighted by molar-refractivity contribution is 0.558. The molecule has 0 aliphatic rings. The van der Waals surface area contributed by atoms with E-state index in [0.29, 0.717) is 5.92 Å². The van der Waals surface area contributed by atoms with Crippen LogP contribution in [0.25, 0.3) is 22.3 Å². The molecule has 0 aliphatic carbocycles. The Morgan fingerprint density at radius 2 is 1.73 bits per heavy atom. The average molecular weight is 419 g/mol. The molecule has 1 atom stereocenters. The van der Waals surface area contributed by atoms with Crippen LogP contribution in [0.3, 0.4) is 0 Å². The summed E-state index contributed by atoms with van der Waals surface area (Å²) in [6.45, 7) is 9.39. The number of nitrogens with zero attached hydrogens (tertiary/aromatic N) is 3. The van der Waals surface area contributed by atoms with Crippen molar-refractivity contribution in [3.8, 4) is 11.3 Å². The molecule has 2 aromatic heterocycles. The van der Waals surface area contributed by atoms with Crippen LogP contribution < -0.4 is 5.32 Å². The van der Waals surface area contributed by atoms with Crippen molar-refractivity contribution in [2.24, 2.45) is 5.92 Å². The minimum absolute atomic E-state index is 0.252. The fraction of sp³-hybridized carbons (Fsp3) is 0.280. The first-order chi connectivity index (χ1) is 14.4. The van der Waals surface area contributed by atoms with Gasteiger partial charge >= 0.3 is 0 Å². The molecule has 0 aliphatic heterocycles. The van der Waals surface area contributed by atoms with Crippen molar-refractivity contribution in [2.45, 2.75) is 40.3 Å². The maximum atomic E-state index is 6.31. The van der Waals surface area contributed by atoms with Crippen molar-refractivity contribution in [1.29, 1.82) is 0 Å². The van der Waals surface area contributed by atoms with Crippen molar-refractivity contribution >= 4 is 28.5 Å². The SMILES string of the molecule is Cc1cccc(-c2cc3nc(Cl)nc(NC(C)C(C)C)c3n2Cc2ccccc2)c1. The zero-order chi connectivity index (χ0) is 21.3. The molecule has 0 saturated heterocycles. The lowest BCUT2D eigenvalue weighted by Crippen LogP contribution is -2.23. The van der Waals surface area contributed by atoms with Crippen LogP contribution in [0.1, 0.15) is 31.9 Å². The van der Waals surface area contributed by atoms with Crippen LogP contribution in [-0.2, 0) is 6.54 Å². The van der Waals surface area contributed by atoms with Crippen molar-refractivity contribution in [3.05, 3.63) is 77.1 Å². The molecule has 1 unspecified atom stereocenters. The molecule has 0 spiro atoms. The summed E-state index contributed by atoms with van der Waals surface area (Å²) in [4.78, 5) is 9.13. The molecule has 4 nitrogen and oxygen atoms in total. The molecule has 0 radical (unpaired) electrons. The number of hydrogen-bond donors (Lipinski definition) is 1. The second kappa shape index (κ2) is 8.49. The van der Waals surface area contributed by atoms with Gasteiger partial charge in [-0.25, -0.2) is 4.98 Å². The zero-order valence-electron chi connectivity index (χ0n) is 17.9. The van der Waals surface area contributed by atoms with Gasteiger partial charge in [0.2, 0.25) is 5.28 Å². The highest BCUT2D eigenvalue weighted by molar-refractivity contribution is 6.28. The summed E-state index contributed by atoms with van der Waals surface area (Å²) < 4.78 is 2.30. The number of aryl methyl sites for hydroxylation is 1. The topological polar surface area (TPSA) is 42.7 Å². The molecule has 2 aromatic carbocycles. The Morgan fingerprint density at radius 3 is 2.43 bits per heavy atom. The Labute approximate surface area is 182 Å². The van der Waals surface area contributed by atoms with Gasteiger partial charge in [-0.3, -0.25) is 0 Å². The third kappa shape index (κ3) is 4.19. The molecule has 0 fully saturated rings. The van der Waals surface area contributed by atoms with Crippen LogP contribution in [0, 0.1) is 12.8 Å². The molecule has 1 N–H and O–H groups in total. The van der Waals surface area contributed by atoms with Gasteiger partial charge < -0.3 is 9.88 Å². The van der Waals surface area contributed by atoms with Gasteiger partial charge in [-0.2, -0.15) is 4.98 Å². The van der Waals surface area contributed by atoms with Crippen molar-refractivity contribution in [3.63, 3.8) is 0 Å². The van der Waals surface area contributed by atoms with Gasteiger partial charge in [0.05, 0.1) is 11.2 Å². The highest BCUT2D eigenvalue weighted by atomic mass is 35.5. The largest absolute Gasteiger partial charge is 0.365 e. The van der Waals surface area contributed by atoms with E-state index in [9.17, 15) is 0 Å². The number of halogens is 1. The van der Waals surface area contributed by atoms with Crippen LogP contribution in [-0.4, -0.2) is 20.6 Å². The molecule has 4 aromatic rings. The standard InChI is InChI=1S/C25H27ClN4/c1-16(2)18(4)27-24-23-21(28-25(26)29-24)14-22(20-12-8-9-17(3)13-20)30(23)15-19-10-6-5-7-11-19/h5-14,16,18H,15H2,1-4H3,(H,27,28,29). The molecule has 154 valence electrons. The molecule has 5 heteroatoms. The maximum Gasteiger partial charge on any atom is 0.225 e. The highest BCUT2D eigenvalue weighted by Crippen LogP contribution is 2.33. The fourth-order valence-corrected chi connectivity index (χ4v) is 3.77. The first kappa shape index (κ1) is 20.4. The number of fused-ring (bicyclic) bond motifs is 1. The molecule has 0 amide bonds. The fourth-order valence-electron chi connectivity index (χ4n) is 3.60. The Hall–Kier alpha value is -2.85. The number of hydrogen-bond acceptors (Lipinski definition) is 3. The molecule has 30 heavy (non-hydrogen) atoms. The molecular weight excluding hydrogens is 392 g/mol. The summed E-state index contributed by atoms with van der Waals surface area (Å²) in [5.41, 5.74) is 6.53. The number of anilines is 1. The number of rotatable bonds is 6. The Morgan fingerprint density at radius 1 is 0.967 bits per heavy atom. The Kier molecular flexibility index (Phi) is 5.78. The van der Waals surface area contributed by atoms with E-state index >= 15 is 0 Å². The second-order valence-corrected chi connectivity index (χ2v) is 8.56. The molecular formula is C25H27ClN4. The van der Waals surface area contributed by atoms with Crippen LogP contribution in [0.15, 0.2) is 60.7 Å². The lowest BCUT2D eigenvalue weighted by Gasteiger charge is -2.20. The minimum atomic E-state index is 0.252. The predicted molar refractivity (Wildman–Crippen MR) is 126 cm³/mol. The monoisotopic (exact) mass is 418 g/mol. The summed E-state index contributed by atoms with van der Waals surface area (Å²) in [5.74, 6) is 1.24. The maximum absolute atomic E-state index is 6.31. The van der Waals surface area contributed by atoms with E-state index in [4.69, 9.17) is 11.6 Å².